The molecule has 0 saturated heterocycles. The van der Waals surface area contributed by atoms with E-state index in [-0.39, 0.29) is 18.2 Å². The van der Waals surface area contributed by atoms with Crippen LogP contribution in [-0.2, 0) is 20.8 Å². The lowest BCUT2D eigenvalue weighted by molar-refractivity contribution is -0.151. The maximum Gasteiger partial charge on any atom is 0.326 e. The van der Waals surface area contributed by atoms with E-state index in [1.165, 1.54) is 15.9 Å². The van der Waals surface area contributed by atoms with Gasteiger partial charge in [0.2, 0.25) is 0 Å². The first-order valence-corrected chi connectivity index (χ1v) is 7.82. The Bertz CT molecular complexity index is 763. The molecule has 22 heavy (non-hydrogen) atoms. The van der Waals surface area contributed by atoms with E-state index < -0.39 is 5.97 Å². The minimum atomic E-state index is -0.472. The highest BCUT2D eigenvalue weighted by Crippen LogP contribution is 2.26. The molecule has 0 radical (unpaired) electrons. The van der Waals surface area contributed by atoms with Crippen molar-refractivity contribution < 1.29 is 14.3 Å². The third-order valence-electron chi connectivity index (χ3n) is 3.50. The number of aryl methyl sites for hydroxylation is 3. The van der Waals surface area contributed by atoms with Crippen LogP contribution in [0.25, 0.3) is 10.2 Å². The molecule has 0 bridgehead atoms. The number of rotatable bonds is 5. The number of aromatic nitrogens is 2. The van der Waals surface area contributed by atoms with Crippen molar-refractivity contribution in [3.05, 3.63) is 26.6 Å². The minimum absolute atomic E-state index is 0.143. The highest BCUT2D eigenvalue weighted by molar-refractivity contribution is 7.18. The molecule has 2 aromatic heterocycles. The van der Waals surface area contributed by atoms with Gasteiger partial charge < -0.3 is 9.47 Å². The quantitative estimate of drug-likeness (QED) is 0.786. The van der Waals surface area contributed by atoms with Crippen molar-refractivity contribution in [3.63, 3.8) is 0 Å². The second-order valence-corrected chi connectivity index (χ2v) is 6.47. The number of esters is 1. The van der Waals surface area contributed by atoms with Crippen LogP contribution in [-0.4, -0.2) is 35.3 Å². The monoisotopic (exact) mass is 324 g/mol. The van der Waals surface area contributed by atoms with Gasteiger partial charge in [-0.15, -0.1) is 11.3 Å². The topological polar surface area (TPSA) is 70.4 Å². The standard InChI is InChI=1S/C15H20N2O4S/c1-8(7-20-5)21-12(18)6-17-11(4)16-14-13(15(17)19)9(2)10(3)22-14/h8H,6-7H2,1-5H3. The summed E-state index contributed by atoms with van der Waals surface area (Å²) >= 11 is 1.49. The fourth-order valence-electron chi connectivity index (χ4n) is 2.27. The van der Waals surface area contributed by atoms with Crippen LogP contribution in [0.2, 0.25) is 0 Å². The Kier molecular flexibility index (Phi) is 4.97. The molecule has 2 aromatic rings. The lowest BCUT2D eigenvalue weighted by Crippen LogP contribution is -2.30. The number of hydrogen-bond acceptors (Lipinski definition) is 6. The van der Waals surface area contributed by atoms with Gasteiger partial charge in [-0.25, -0.2) is 4.98 Å². The molecule has 0 aliphatic heterocycles. The molecule has 0 fully saturated rings. The van der Waals surface area contributed by atoms with Gasteiger partial charge in [0.15, 0.2) is 0 Å². The Morgan fingerprint density at radius 3 is 2.68 bits per heavy atom. The summed E-state index contributed by atoms with van der Waals surface area (Å²) in [5.74, 6) is 0.0376. The number of methoxy groups -OCH3 is 1. The first-order valence-electron chi connectivity index (χ1n) is 7.00. The molecular weight excluding hydrogens is 304 g/mol. The lowest BCUT2D eigenvalue weighted by Gasteiger charge is -2.14. The number of fused-ring (bicyclic) bond motifs is 1. The van der Waals surface area contributed by atoms with Crippen LogP contribution >= 0.6 is 11.3 Å². The molecule has 6 nitrogen and oxygen atoms in total. The van der Waals surface area contributed by atoms with Crippen LogP contribution in [0.3, 0.4) is 0 Å². The summed E-state index contributed by atoms with van der Waals surface area (Å²) in [5.41, 5.74) is 0.730. The van der Waals surface area contributed by atoms with E-state index in [1.54, 1.807) is 21.0 Å². The largest absolute Gasteiger partial charge is 0.459 e. The van der Waals surface area contributed by atoms with Crippen molar-refractivity contribution in [1.29, 1.82) is 0 Å². The van der Waals surface area contributed by atoms with Crippen LogP contribution in [0.5, 0.6) is 0 Å². The molecule has 0 saturated carbocycles. The predicted molar refractivity (Wildman–Crippen MR) is 85.5 cm³/mol. The summed E-state index contributed by atoms with van der Waals surface area (Å²) in [6, 6.07) is 0. The Balaban J connectivity index is 2.34. The van der Waals surface area contributed by atoms with Gasteiger partial charge in [-0.3, -0.25) is 14.2 Å². The maximum absolute atomic E-state index is 12.6. The molecular formula is C15H20N2O4S. The zero-order valence-corrected chi connectivity index (χ0v) is 14.2. The summed E-state index contributed by atoms with van der Waals surface area (Å²) in [4.78, 5) is 30.8. The second-order valence-electron chi connectivity index (χ2n) is 5.27. The van der Waals surface area contributed by atoms with E-state index in [2.05, 4.69) is 4.98 Å². The molecule has 120 valence electrons. The van der Waals surface area contributed by atoms with Crippen LogP contribution in [0.4, 0.5) is 0 Å². The summed E-state index contributed by atoms with van der Waals surface area (Å²) in [6.45, 7) is 7.50. The predicted octanol–water partition coefficient (Wildman–Crippen LogP) is 1.96. The average Bonchev–Trinajstić information content (AvgIpc) is 2.70. The second kappa shape index (κ2) is 6.58. The SMILES string of the molecule is COCC(C)OC(=O)Cn1c(C)nc2sc(C)c(C)c2c1=O. The van der Waals surface area contributed by atoms with Gasteiger partial charge in [0, 0.05) is 12.0 Å². The van der Waals surface area contributed by atoms with E-state index in [0.29, 0.717) is 17.8 Å². The van der Waals surface area contributed by atoms with E-state index in [9.17, 15) is 9.59 Å². The Labute approximate surface area is 132 Å². The van der Waals surface area contributed by atoms with Gasteiger partial charge in [0.1, 0.15) is 23.3 Å². The van der Waals surface area contributed by atoms with Gasteiger partial charge in [0.05, 0.1) is 12.0 Å². The number of carbonyl (C=O) groups excluding carboxylic acids is 1. The van der Waals surface area contributed by atoms with Crippen LogP contribution in [0.15, 0.2) is 4.79 Å². The van der Waals surface area contributed by atoms with Gasteiger partial charge >= 0.3 is 5.97 Å². The normalized spacial score (nSPS) is 12.6. The van der Waals surface area contributed by atoms with E-state index >= 15 is 0 Å². The van der Waals surface area contributed by atoms with Crippen molar-refractivity contribution in [3.8, 4) is 0 Å². The molecule has 0 N–H and O–H groups in total. The highest BCUT2D eigenvalue weighted by atomic mass is 32.1. The fraction of sp³-hybridized carbons (Fsp3) is 0.533. The zero-order chi connectivity index (χ0) is 16.4. The summed E-state index contributed by atoms with van der Waals surface area (Å²) < 4.78 is 11.5. The van der Waals surface area contributed by atoms with Crippen molar-refractivity contribution in [2.45, 2.75) is 40.3 Å². The molecule has 7 heteroatoms. The number of thiophene rings is 1. The first-order chi connectivity index (χ1) is 10.3. The van der Waals surface area contributed by atoms with Gasteiger partial charge in [-0.1, -0.05) is 0 Å². The van der Waals surface area contributed by atoms with E-state index in [1.807, 2.05) is 13.8 Å². The van der Waals surface area contributed by atoms with Crippen LogP contribution in [0.1, 0.15) is 23.2 Å². The van der Waals surface area contributed by atoms with Crippen LogP contribution in [0, 0.1) is 20.8 Å². The van der Waals surface area contributed by atoms with Gasteiger partial charge in [0.25, 0.3) is 5.56 Å². The Hall–Kier alpha value is -1.73. The lowest BCUT2D eigenvalue weighted by atomic mass is 10.2. The van der Waals surface area contributed by atoms with Gasteiger partial charge in [-0.2, -0.15) is 0 Å². The number of nitrogens with zero attached hydrogens (tertiary/aromatic N) is 2. The van der Waals surface area contributed by atoms with Crippen molar-refractivity contribution in [2.24, 2.45) is 0 Å². The minimum Gasteiger partial charge on any atom is -0.459 e. The molecule has 2 heterocycles. The molecule has 0 aliphatic carbocycles. The summed E-state index contributed by atoms with van der Waals surface area (Å²) in [5, 5.41) is 0.589. The molecule has 0 spiro atoms. The van der Waals surface area contributed by atoms with E-state index in [4.69, 9.17) is 9.47 Å². The molecule has 0 aliphatic rings. The summed E-state index contributed by atoms with van der Waals surface area (Å²) in [7, 11) is 1.54. The van der Waals surface area contributed by atoms with Crippen molar-refractivity contribution >= 4 is 27.5 Å². The van der Waals surface area contributed by atoms with Crippen molar-refractivity contribution in [1.82, 2.24) is 9.55 Å². The zero-order valence-electron chi connectivity index (χ0n) is 13.4. The Morgan fingerprint density at radius 1 is 1.36 bits per heavy atom. The van der Waals surface area contributed by atoms with E-state index in [0.717, 1.165) is 15.3 Å². The number of ether oxygens (including phenoxy) is 2. The molecule has 0 aromatic carbocycles. The Morgan fingerprint density at radius 2 is 2.05 bits per heavy atom. The molecule has 1 unspecified atom stereocenters. The van der Waals surface area contributed by atoms with Gasteiger partial charge in [-0.05, 0) is 33.3 Å². The number of hydrogen-bond donors (Lipinski definition) is 0. The molecule has 2 rings (SSSR count). The third kappa shape index (κ3) is 3.20. The fourth-order valence-corrected chi connectivity index (χ4v) is 3.34. The third-order valence-corrected chi connectivity index (χ3v) is 4.60. The highest BCUT2D eigenvalue weighted by Gasteiger charge is 2.17. The number of carbonyl (C=O) groups is 1. The summed E-state index contributed by atoms with van der Waals surface area (Å²) in [6.07, 6.45) is -0.352. The first kappa shape index (κ1) is 16.6. The van der Waals surface area contributed by atoms with Crippen LogP contribution < -0.4 is 5.56 Å². The maximum atomic E-state index is 12.6. The molecule has 0 amide bonds. The van der Waals surface area contributed by atoms with Crippen molar-refractivity contribution in [2.75, 3.05) is 13.7 Å². The smallest absolute Gasteiger partial charge is 0.326 e. The average molecular weight is 324 g/mol. The molecule has 1 atom stereocenters.